The third-order valence-corrected chi connectivity index (χ3v) is 11.2. The standard InChI is InChI=1S/C41H42N2S2/c1-25-26(13-21-36-40(2,3)38-32-17-15-30(44)23-28(32)11-19-34(38)42(36)6)9-8-10-27(25)14-22-37-41(4,5)39-33-18-16-31(45)24-29(33)12-20-35(39)43(37)7/h11-24H,8-10H2,1-7H3,(H-,44,45)/p+1. The Labute approximate surface area is 279 Å². The Morgan fingerprint density at radius 1 is 0.756 bits per heavy atom. The number of hydrogen-bond acceptors (Lipinski definition) is 3. The zero-order valence-electron chi connectivity index (χ0n) is 27.5. The third-order valence-electron chi connectivity index (χ3n) is 10.7. The predicted molar refractivity (Wildman–Crippen MR) is 200 cm³/mol. The lowest BCUT2D eigenvalue weighted by Gasteiger charge is -2.25. The fourth-order valence-electron chi connectivity index (χ4n) is 8.30. The number of allylic oxidation sites excluding steroid dienone is 8. The van der Waals surface area contributed by atoms with E-state index in [4.69, 9.17) is 0 Å². The molecule has 2 aliphatic heterocycles. The highest BCUT2D eigenvalue weighted by atomic mass is 32.1. The van der Waals surface area contributed by atoms with Crippen LogP contribution in [0.5, 0.6) is 0 Å². The van der Waals surface area contributed by atoms with Crippen molar-refractivity contribution in [1.29, 1.82) is 0 Å². The minimum absolute atomic E-state index is 0.101. The van der Waals surface area contributed by atoms with Crippen molar-refractivity contribution in [3.8, 4) is 0 Å². The van der Waals surface area contributed by atoms with Crippen LogP contribution in [0.15, 0.2) is 117 Å². The van der Waals surface area contributed by atoms with Crippen LogP contribution in [-0.2, 0) is 10.8 Å². The van der Waals surface area contributed by atoms with Crippen LogP contribution in [0.2, 0.25) is 0 Å². The predicted octanol–water partition coefficient (Wildman–Crippen LogP) is 10.9. The number of anilines is 1. The Kier molecular flexibility index (Phi) is 7.26. The van der Waals surface area contributed by atoms with Crippen LogP contribution in [0.25, 0.3) is 21.5 Å². The van der Waals surface area contributed by atoms with Crippen LogP contribution in [0, 0.1) is 0 Å². The van der Waals surface area contributed by atoms with Crippen LogP contribution in [0.1, 0.15) is 65.0 Å². The first kappa shape index (κ1) is 30.2. The lowest BCUT2D eigenvalue weighted by Crippen LogP contribution is -2.27. The molecule has 0 spiro atoms. The van der Waals surface area contributed by atoms with Gasteiger partial charge in [0, 0.05) is 51.3 Å². The van der Waals surface area contributed by atoms with E-state index in [9.17, 15) is 0 Å². The summed E-state index contributed by atoms with van der Waals surface area (Å²) < 4.78 is 2.39. The van der Waals surface area contributed by atoms with Crippen LogP contribution in [-0.4, -0.2) is 24.4 Å². The lowest BCUT2D eigenvalue weighted by atomic mass is 9.78. The molecule has 2 heterocycles. The van der Waals surface area contributed by atoms with E-state index >= 15 is 0 Å². The van der Waals surface area contributed by atoms with E-state index in [0.29, 0.717) is 0 Å². The van der Waals surface area contributed by atoms with Gasteiger partial charge in [-0.3, -0.25) is 0 Å². The second kappa shape index (κ2) is 10.8. The second-order valence-electron chi connectivity index (χ2n) is 14.1. The van der Waals surface area contributed by atoms with Crippen molar-refractivity contribution >= 4 is 63.9 Å². The Bertz CT molecular complexity index is 2080. The third kappa shape index (κ3) is 4.75. The average Bonchev–Trinajstić information content (AvgIpc) is 3.32. The van der Waals surface area contributed by atoms with Crippen LogP contribution in [0.4, 0.5) is 11.4 Å². The molecule has 0 radical (unpaired) electrons. The molecule has 4 aromatic rings. The van der Waals surface area contributed by atoms with Crippen molar-refractivity contribution in [3.05, 3.63) is 119 Å². The molecular formula is C41H43N2S2+. The Morgan fingerprint density at radius 2 is 1.40 bits per heavy atom. The zero-order valence-corrected chi connectivity index (χ0v) is 29.3. The molecule has 0 bridgehead atoms. The van der Waals surface area contributed by atoms with Crippen LogP contribution < -0.4 is 4.90 Å². The van der Waals surface area contributed by atoms with E-state index in [1.165, 1.54) is 78.6 Å². The minimum Gasteiger partial charge on any atom is -0.347 e. The quantitative estimate of drug-likeness (QED) is 0.169. The van der Waals surface area contributed by atoms with Gasteiger partial charge in [0.1, 0.15) is 7.05 Å². The van der Waals surface area contributed by atoms with E-state index in [2.05, 4.69) is 168 Å². The first-order valence-corrected chi connectivity index (χ1v) is 17.0. The van der Waals surface area contributed by atoms with Crippen molar-refractivity contribution in [3.63, 3.8) is 0 Å². The SMILES string of the molecule is CC1=C(/C=C/C2=[N+](C)c3ccc4cc(S)ccc4c3C2(C)C)CCC/C1=C\C=C1\N(C)c2ccc3cc(S)ccc3c2C1(C)C. The molecule has 0 N–H and O–H groups in total. The molecule has 1 aliphatic carbocycles. The van der Waals surface area contributed by atoms with Gasteiger partial charge < -0.3 is 4.90 Å². The maximum Gasteiger partial charge on any atom is 0.210 e. The first-order chi connectivity index (χ1) is 21.4. The van der Waals surface area contributed by atoms with Gasteiger partial charge in [-0.2, -0.15) is 4.58 Å². The average molecular weight is 628 g/mol. The van der Waals surface area contributed by atoms with Gasteiger partial charge in [0.15, 0.2) is 5.71 Å². The molecule has 0 unspecified atom stereocenters. The number of nitrogens with zero attached hydrogens (tertiary/aromatic N) is 2. The number of fused-ring (bicyclic) bond motifs is 6. The summed E-state index contributed by atoms with van der Waals surface area (Å²) >= 11 is 9.18. The summed E-state index contributed by atoms with van der Waals surface area (Å²) in [5.41, 5.74) is 12.2. The van der Waals surface area contributed by atoms with E-state index in [1.54, 1.807) is 0 Å². The van der Waals surface area contributed by atoms with Gasteiger partial charge in [-0.05, 0) is 126 Å². The largest absolute Gasteiger partial charge is 0.347 e. The molecule has 0 atom stereocenters. The molecule has 0 fully saturated rings. The maximum atomic E-state index is 4.59. The number of thiol groups is 2. The van der Waals surface area contributed by atoms with Crippen molar-refractivity contribution in [2.75, 3.05) is 19.0 Å². The van der Waals surface area contributed by atoms with Gasteiger partial charge >= 0.3 is 0 Å². The molecule has 0 aromatic heterocycles. The number of benzene rings is 4. The monoisotopic (exact) mass is 627 g/mol. The van der Waals surface area contributed by atoms with Gasteiger partial charge in [0.05, 0.1) is 5.41 Å². The smallest absolute Gasteiger partial charge is 0.210 e. The highest BCUT2D eigenvalue weighted by Gasteiger charge is 2.44. The molecular weight excluding hydrogens is 585 g/mol. The lowest BCUT2D eigenvalue weighted by molar-refractivity contribution is -0.401. The fourth-order valence-corrected chi connectivity index (χ4v) is 8.73. The van der Waals surface area contributed by atoms with Gasteiger partial charge in [-0.15, -0.1) is 25.3 Å². The van der Waals surface area contributed by atoms with Gasteiger partial charge in [-0.1, -0.05) is 44.2 Å². The Morgan fingerprint density at radius 3 is 2.09 bits per heavy atom. The van der Waals surface area contributed by atoms with Gasteiger partial charge in [0.25, 0.3) is 0 Å². The van der Waals surface area contributed by atoms with Crippen molar-refractivity contribution in [1.82, 2.24) is 0 Å². The normalized spacial score (nSPS) is 20.9. The van der Waals surface area contributed by atoms with Crippen molar-refractivity contribution in [2.45, 2.75) is 74.5 Å². The van der Waals surface area contributed by atoms with Crippen LogP contribution in [0.3, 0.4) is 0 Å². The molecule has 3 aliphatic rings. The van der Waals surface area contributed by atoms with E-state index in [0.717, 1.165) is 22.6 Å². The van der Waals surface area contributed by atoms with E-state index < -0.39 is 0 Å². The first-order valence-electron chi connectivity index (χ1n) is 16.1. The molecule has 7 rings (SSSR count). The minimum atomic E-state index is -0.101. The molecule has 0 saturated heterocycles. The Balaban J connectivity index is 1.22. The van der Waals surface area contributed by atoms with Gasteiger partial charge in [-0.25, -0.2) is 0 Å². The molecule has 0 amide bonds. The summed E-state index contributed by atoms with van der Waals surface area (Å²) in [6, 6.07) is 22.0. The van der Waals surface area contributed by atoms with E-state index in [-0.39, 0.29) is 10.8 Å². The van der Waals surface area contributed by atoms with Crippen molar-refractivity contribution in [2.24, 2.45) is 0 Å². The molecule has 45 heavy (non-hydrogen) atoms. The zero-order chi connectivity index (χ0) is 31.8. The molecule has 4 aromatic carbocycles. The van der Waals surface area contributed by atoms with E-state index in [1.807, 2.05) is 0 Å². The second-order valence-corrected chi connectivity index (χ2v) is 15.1. The van der Waals surface area contributed by atoms with Gasteiger partial charge in [0.2, 0.25) is 5.69 Å². The number of likely N-dealkylation sites (N-methyl/N-ethyl adjacent to an activating group) is 1. The molecule has 2 nitrogen and oxygen atoms in total. The summed E-state index contributed by atoms with van der Waals surface area (Å²) in [6.45, 7) is 11.8. The highest BCUT2D eigenvalue weighted by molar-refractivity contribution is 7.80. The van der Waals surface area contributed by atoms with Crippen LogP contribution >= 0.6 is 25.3 Å². The summed E-state index contributed by atoms with van der Waals surface area (Å²) in [7, 11) is 4.42. The summed E-state index contributed by atoms with van der Waals surface area (Å²) in [6.07, 6.45) is 13.0. The molecule has 228 valence electrons. The highest BCUT2D eigenvalue weighted by Crippen LogP contribution is 2.50. The molecule has 4 heteroatoms. The summed E-state index contributed by atoms with van der Waals surface area (Å²) in [5, 5.41) is 5.14. The fraction of sp³-hybridized carbons (Fsp3) is 0.293. The number of hydrogen-bond donors (Lipinski definition) is 2. The van der Waals surface area contributed by atoms with Crippen molar-refractivity contribution < 1.29 is 4.58 Å². The Hall–Kier alpha value is -3.47. The maximum absolute atomic E-state index is 4.59. The summed E-state index contributed by atoms with van der Waals surface area (Å²) in [5.74, 6) is 0. The topological polar surface area (TPSA) is 6.25 Å². The summed E-state index contributed by atoms with van der Waals surface area (Å²) in [4.78, 5) is 4.39. The molecule has 0 saturated carbocycles. The number of rotatable bonds is 3.